The van der Waals surface area contributed by atoms with E-state index in [2.05, 4.69) is 33.0 Å². The lowest BCUT2D eigenvalue weighted by Gasteiger charge is -2.27. The zero-order valence-corrected chi connectivity index (χ0v) is 14.4. The summed E-state index contributed by atoms with van der Waals surface area (Å²) < 4.78 is 5.60. The predicted molar refractivity (Wildman–Crippen MR) is 87.1 cm³/mol. The van der Waals surface area contributed by atoms with Gasteiger partial charge >= 0.3 is 0 Å². The van der Waals surface area contributed by atoms with Gasteiger partial charge in [-0.1, -0.05) is 47.0 Å². The van der Waals surface area contributed by atoms with Crippen molar-refractivity contribution in [3.63, 3.8) is 0 Å². The van der Waals surface area contributed by atoms with E-state index >= 15 is 0 Å². The van der Waals surface area contributed by atoms with Gasteiger partial charge in [0.2, 0.25) is 5.91 Å². The highest BCUT2D eigenvalue weighted by Gasteiger charge is 2.39. The third-order valence-electron chi connectivity index (χ3n) is 4.10. The molecule has 1 rings (SSSR count). The van der Waals surface area contributed by atoms with Crippen molar-refractivity contribution in [3.05, 3.63) is 0 Å². The number of nitrogens with one attached hydrogen (secondary N) is 1. The minimum Gasteiger partial charge on any atom is -0.381 e. The molecule has 0 aromatic heterocycles. The Kier molecular flexibility index (Phi) is 8.93. The second-order valence-electron chi connectivity index (χ2n) is 6.40. The molecule has 1 aliphatic heterocycles. The SMILES string of the molecule is CCCCOCCCN1C(=O)C(CCCC)NC1C(C)C. The van der Waals surface area contributed by atoms with Gasteiger partial charge in [-0.05, 0) is 25.2 Å². The third-order valence-corrected chi connectivity index (χ3v) is 4.10. The molecular formula is C17H34N2O2. The molecule has 0 spiro atoms. The quantitative estimate of drug-likeness (QED) is 0.596. The molecular weight excluding hydrogens is 264 g/mol. The van der Waals surface area contributed by atoms with Crippen LogP contribution in [0, 0.1) is 5.92 Å². The smallest absolute Gasteiger partial charge is 0.241 e. The monoisotopic (exact) mass is 298 g/mol. The molecule has 0 saturated carbocycles. The number of unbranched alkanes of at least 4 members (excludes halogenated alkanes) is 2. The van der Waals surface area contributed by atoms with Crippen LogP contribution in [0.2, 0.25) is 0 Å². The lowest BCUT2D eigenvalue weighted by molar-refractivity contribution is -0.130. The van der Waals surface area contributed by atoms with E-state index in [-0.39, 0.29) is 18.1 Å². The first-order chi connectivity index (χ1) is 10.1. The zero-order valence-electron chi connectivity index (χ0n) is 14.4. The van der Waals surface area contributed by atoms with E-state index in [4.69, 9.17) is 4.74 Å². The molecule has 0 radical (unpaired) electrons. The molecule has 124 valence electrons. The first-order valence-corrected chi connectivity index (χ1v) is 8.76. The van der Waals surface area contributed by atoms with Crippen molar-refractivity contribution >= 4 is 5.91 Å². The summed E-state index contributed by atoms with van der Waals surface area (Å²) in [6, 6.07) is 0.0263. The minimum absolute atomic E-state index is 0.0263. The average Bonchev–Trinajstić information content (AvgIpc) is 2.77. The maximum Gasteiger partial charge on any atom is 0.241 e. The number of hydrogen-bond acceptors (Lipinski definition) is 3. The molecule has 1 N–H and O–H groups in total. The topological polar surface area (TPSA) is 41.6 Å². The fourth-order valence-electron chi connectivity index (χ4n) is 2.81. The van der Waals surface area contributed by atoms with E-state index in [0.29, 0.717) is 5.92 Å². The summed E-state index contributed by atoms with van der Waals surface area (Å²) in [6.45, 7) is 11.1. The lowest BCUT2D eigenvalue weighted by atomic mass is 10.1. The summed E-state index contributed by atoms with van der Waals surface area (Å²) in [4.78, 5) is 14.6. The molecule has 1 aliphatic rings. The van der Waals surface area contributed by atoms with Crippen LogP contribution in [0.4, 0.5) is 0 Å². The molecule has 1 fully saturated rings. The number of carbonyl (C=O) groups is 1. The van der Waals surface area contributed by atoms with Gasteiger partial charge in [0, 0.05) is 19.8 Å². The van der Waals surface area contributed by atoms with Crippen molar-refractivity contribution in [1.29, 1.82) is 0 Å². The first kappa shape index (κ1) is 18.4. The van der Waals surface area contributed by atoms with Crippen LogP contribution >= 0.6 is 0 Å². The molecule has 1 heterocycles. The van der Waals surface area contributed by atoms with Gasteiger partial charge in [-0.2, -0.15) is 0 Å². The predicted octanol–water partition coefficient (Wildman–Crippen LogP) is 3.17. The molecule has 4 nitrogen and oxygen atoms in total. The number of carbonyl (C=O) groups excluding carboxylic acids is 1. The molecule has 0 aromatic rings. The average molecular weight is 298 g/mol. The maximum atomic E-state index is 12.5. The number of hydrogen-bond donors (Lipinski definition) is 1. The van der Waals surface area contributed by atoms with E-state index < -0.39 is 0 Å². The molecule has 4 heteroatoms. The van der Waals surface area contributed by atoms with Gasteiger partial charge in [-0.15, -0.1) is 0 Å². The first-order valence-electron chi connectivity index (χ1n) is 8.76. The molecule has 0 aliphatic carbocycles. The Morgan fingerprint density at radius 3 is 2.43 bits per heavy atom. The molecule has 1 amide bonds. The highest BCUT2D eigenvalue weighted by molar-refractivity contribution is 5.84. The summed E-state index contributed by atoms with van der Waals surface area (Å²) in [6.07, 6.45) is 6.63. The fourth-order valence-corrected chi connectivity index (χ4v) is 2.81. The van der Waals surface area contributed by atoms with E-state index in [1.807, 2.05) is 4.90 Å². The summed E-state index contributed by atoms with van der Waals surface area (Å²) in [5.74, 6) is 0.734. The van der Waals surface area contributed by atoms with Gasteiger partial charge in [-0.25, -0.2) is 0 Å². The largest absolute Gasteiger partial charge is 0.381 e. The third kappa shape index (κ3) is 5.95. The highest BCUT2D eigenvalue weighted by Crippen LogP contribution is 2.20. The summed E-state index contributed by atoms with van der Waals surface area (Å²) in [7, 11) is 0. The van der Waals surface area contributed by atoms with Crippen molar-refractivity contribution in [2.24, 2.45) is 5.92 Å². The van der Waals surface area contributed by atoms with Gasteiger partial charge in [0.05, 0.1) is 12.2 Å². The summed E-state index contributed by atoms with van der Waals surface area (Å²) in [5.41, 5.74) is 0. The number of rotatable bonds is 11. The van der Waals surface area contributed by atoms with Gasteiger partial charge < -0.3 is 9.64 Å². The standard InChI is InChI=1S/C17H34N2O2/c1-5-7-10-15-17(20)19(16(18-15)14(3)4)11-9-13-21-12-8-6-2/h14-16,18H,5-13H2,1-4H3. The van der Waals surface area contributed by atoms with E-state index in [1.165, 1.54) is 6.42 Å². The van der Waals surface area contributed by atoms with Crippen LogP contribution in [0.5, 0.6) is 0 Å². The molecule has 0 aromatic carbocycles. The summed E-state index contributed by atoms with van der Waals surface area (Å²) >= 11 is 0. The normalized spacial score (nSPS) is 22.5. The van der Waals surface area contributed by atoms with Crippen molar-refractivity contribution in [2.45, 2.75) is 78.4 Å². The Morgan fingerprint density at radius 1 is 1.14 bits per heavy atom. The van der Waals surface area contributed by atoms with Gasteiger partial charge in [0.15, 0.2) is 0 Å². The Hall–Kier alpha value is -0.610. The zero-order chi connectivity index (χ0) is 15.7. The Bertz CT molecular complexity index is 295. The van der Waals surface area contributed by atoms with E-state index in [0.717, 1.165) is 51.9 Å². The van der Waals surface area contributed by atoms with Crippen LogP contribution in [0.1, 0.15) is 66.2 Å². The molecule has 2 unspecified atom stereocenters. The van der Waals surface area contributed by atoms with Crippen LogP contribution < -0.4 is 5.32 Å². The molecule has 0 bridgehead atoms. The van der Waals surface area contributed by atoms with E-state index in [1.54, 1.807) is 0 Å². The van der Waals surface area contributed by atoms with Crippen LogP contribution in [-0.2, 0) is 9.53 Å². The van der Waals surface area contributed by atoms with Gasteiger partial charge in [0.1, 0.15) is 0 Å². The Balaban J connectivity index is 2.39. The van der Waals surface area contributed by atoms with Crippen LogP contribution in [0.3, 0.4) is 0 Å². The number of ether oxygens (including phenoxy) is 1. The Labute approximate surface area is 130 Å². The maximum absolute atomic E-state index is 12.5. The molecule has 1 saturated heterocycles. The lowest BCUT2D eigenvalue weighted by Crippen LogP contribution is -2.42. The van der Waals surface area contributed by atoms with Crippen LogP contribution in [-0.4, -0.2) is 42.8 Å². The summed E-state index contributed by atoms with van der Waals surface area (Å²) in [5, 5.41) is 3.52. The van der Waals surface area contributed by atoms with Gasteiger partial charge in [-0.3, -0.25) is 10.1 Å². The highest BCUT2D eigenvalue weighted by atomic mass is 16.5. The Morgan fingerprint density at radius 2 is 1.81 bits per heavy atom. The molecule has 2 atom stereocenters. The van der Waals surface area contributed by atoms with Crippen molar-refractivity contribution in [1.82, 2.24) is 10.2 Å². The number of amides is 1. The van der Waals surface area contributed by atoms with Crippen molar-refractivity contribution in [3.8, 4) is 0 Å². The van der Waals surface area contributed by atoms with Gasteiger partial charge in [0.25, 0.3) is 0 Å². The molecule has 21 heavy (non-hydrogen) atoms. The van der Waals surface area contributed by atoms with E-state index in [9.17, 15) is 4.79 Å². The van der Waals surface area contributed by atoms with Crippen molar-refractivity contribution in [2.75, 3.05) is 19.8 Å². The second kappa shape index (κ2) is 10.2. The second-order valence-corrected chi connectivity index (χ2v) is 6.40. The number of nitrogens with zero attached hydrogens (tertiary/aromatic N) is 1. The fraction of sp³-hybridized carbons (Fsp3) is 0.941. The minimum atomic E-state index is 0.0263. The van der Waals surface area contributed by atoms with Crippen LogP contribution in [0.15, 0.2) is 0 Å². The van der Waals surface area contributed by atoms with Crippen molar-refractivity contribution < 1.29 is 9.53 Å². The van der Waals surface area contributed by atoms with Crippen LogP contribution in [0.25, 0.3) is 0 Å².